The molecule has 1 aliphatic rings. The molecule has 24 heavy (non-hydrogen) atoms. The largest absolute Gasteiger partial charge is 0.468 e. The van der Waals surface area contributed by atoms with E-state index in [-0.39, 0.29) is 36.1 Å². The Hall–Kier alpha value is -1.06. The Morgan fingerprint density at radius 1 is 1.38 bits per heavy atom. The van der Waals surface area contributed by atoms with Crippen molar-refractivity contribution in [2.75, 3.05) is 19.6 Å². The van der Waals surface area contributed by atoms with Gasteiger partial charge in [-0.1, -0.05) is 6.07 Å². The van der Waals surface area contributed by atoms with Gasteiger partial charge in [0.15, 0.2) is 5.96 Å². The molecule has 3 heterocycles. The Morgan fingerprint density at radius 3 is 2.79 bits per heavy atom. The summed E-state index contributed by atoms with van der Waals surface area (Å²) in [7, 11) is 0. The van der Waals surface area contributed by atoms with Gasteiger partial charge in [-0.2, -0.15) is 0 Å². The van der Waals surface area contributed by atoms with Crippen molar-refractivity contribution in [3.63, 3.8) is 0 Å². The maximum Gasteiger partial charge on any atom is 0.189 e. The smallest absolute Gasteiger partial charge is 0.189 e. The third-order valence-electron chi connectivity index (χ3n) is 4.22. The summed E-state index contributed by atoms with van der Waals surface area (Å²) >= 11 is 1.72. The Morgan fingerprint density at radius 2 is 2.17 bits per heavy atom. The number of aliphatic imine (C=N–C) groups is 1. The second-order valence-electron chi connectivity index (χ2n) is 5.88. The average molecular weight is 460 g/mol. The van der Waals surface area contributed by atoms with E-state index in [1.807, 2.05) is 18.2 Å². The van der Waals surface area contributed by atoms with Gasteiger partial charge in [0.2, 0.25) is 0 Å². The molecule has 0 amide bonds. The topological polar surface area (TPSA) is 66.8 Å². The minimum atomic E-state index is 0. The van der Waals surface area contributed by atoms with Crippen LogP contribution in [0.15, 0.2) is 45.3 Å². The lowest BCUT2D eigenvalue weighted by Gasteiger charge is -2.24. The molecule has 132 valence electrons. The summed E-state index contributed by atoms with van der Waals surface area (Å²) in [6.07, 6.45) is 4.21. The molecule has 2 unspecified atom stereocenters. The van der Waals surface area contributed by atoms with Crippen molar-refractivity contribution in [2.45, 2.75) is 31.8 Å². The summed E-state index contributed by atoms with van der Waals surface area (Å²) in [5.41, 5.74) is 6.08. The van der Waals surface area contributed by atoms with E-state index < -0.39 is 0 Å². The van der Waals surface area contributed by atoms with E-state index in [1.165, 1.54) is 17.7 Å². The average Bonchev–Trinajstić information content (AvgIpc) is 3.30. The number of likely N-dealkylation sites (tertiary alicyclic amines) is 1. The highest BCUT2D eigenvalue weighted by Gasteiger charge is 2.25. The molecule has 3 N–H and O–H groups in total. The number of rotatable bonds is 6. The van der Waals surface area contributed by atoms with Gasteiger partial charge in [-0.15, -0.1) is 35.3 Å². The lowest BCUT2D eigenvalue weighted by Crippen LogP contribution is -2.35. The van der Waals surface area contributed by atoms with Crippen molar-refractivity contribution in [2.24, 2.45) is 10.7 Å². The van der Waals surface area contributed by atoms with Crippen molar-refractivity contribution in [3.8, 4) is 0 Å². The highest BCUT2D eigenvalue weighted by atomic mass is 127. The van der Waals surface area contributed by atoms with Crippen LogP contribution in [0, 0.1) is 0 Å². The molecule has 0 aromatic carbocycles. The first-order valence-electron chi connectivity index (χ1n) is 8.11. The number of nitrogens with one attached hydrogen (secondary N) is 1. The number of guanidine groups is 1. The first-order chi connectivity index (χ1) is 11.2. The van der Waals surface area contributed by atoms with Gasteiger partial charge in [0.05, 0.1) is 24.9 Å². The van der Waals surface area contributed by atoms with E-state index in [4.69, 9.17) is 10.2 Å². The summed E-state index contributed by atoms with van der Waals surface area (Å²) in [5.74, 6) is 1.46. The monoisotopic (exact) mass is 460 g/mol. The zero-order valence-electron chi connectivity index (χ0n) is 13.9. The number of hydrogen-bond donors (Lipinski definition) is 2. The Labute approximate surface area is 164 Å². The minimum Gasteiger partial charge on any atom is -0.468 e. The fraction of sp³-hybridized carbons (Fsp3) is 0.471. The van der Waals surface area contributed by atoms with Crippen LogP contribution in [0.4, 0.5) is 0 Å². The van der Waals surface area contributed by atoms with Crippen LogP contribution in [-0.2, 0) is 0 Å². The van der Waals surface area contributed by atoms with Gasteiger partial charge in [0.25, 0.3) is 0 Å². The van der Waals surface area contributed by atoms with Crippen LogP contribution in [0.3, 0.4) is 0 Å². The van der Waals surface area contributed by atoms with E-state index in [9.17, 15) is 0 Å². The van der Waals surface area contributed by atoms with E-state index in [2.05, 4.69) is 33.6 Å². The first-order valence-corrected chi connectivity index (χ1v) is 8.99. The number of thiophene rings is 1. The van der Waals surface area contributed by atoms with Gasteiger partial charge < -0.3 is 15.5 Å². The number of furan rings is 1. The standard InChI is InChI=1S/C17H24N4OS.HI/c1-13(16-7-5-11-23-16)20-17(18)19-12-14(15-6-4-10-22-15)21-8-2-3-9-21;/h4-7,10-11,13-14H,2-3,8-9,12H2,1H3,(H3,18,19,20);1H. The summed E-state index contributed by atoms with van der Waals surface area (Å²) in [5, 5.41) is 5.33. The maximum atomic E-state index is 6.08. The van der Waals surface area contributed by atoms with Crippen LogP contribution < -0.4 is 11.1 Å². The molecule has 2 aromatic heterocycles. The van der Waals surface area contributed by atoms with E-state index >= 15 is 0 Å². The molecule has 0 aliphatic carbocycles. The third-order valence-corrected chi connectivity index (χ3v) is 5.28. The van der Waals surface area contributed by atoms with Crippen molar-refractivity contribution in [1.29, 1.82) is 0 Å². The van der Waals surface area contributed by atoms with Crippen LogP contribution in [-0.4, -0.2) is 30.5 Å². The fourth-order valence-corrected chi connectivity index (χ4v) is 3.72. The molecule has 2 atom stereocenters. The molecule has 1 fully saturated rings. The van der Waals surface area contributed by atoms with Crippen molar-refractivity contribution < 1.29 is 4.42 Å². The highest BCUT2D eigenvalue weighted by molar-refractivity contribution is 14.0. The van der Waals surface area contributed by atoms with E-state index in [0.29, 0.717) is 12.5 Å². The second-order valence-corrected chi connectivity index (χ2v) is 6.86. The highest BCUT2D eigenvalue weighted by Crippen LogP contribution is 2.25. The van der Waals surface area contributed by atoms with Gasteiger partial charge in [0, 0.05) is 4.88 Å². The van der Waals surface area contributed by atoms with Crippen LogP contribution in [0.5, 0.6) is 0 Å². The molecule has 7 heteroatoms. The van der Waals surface area contributed by atoms with Gasteiger partial charge in [0.1, 0.15) is 5.76 Å². The van der Waals surface area contributed by atoms with Gasteiger partial charge in [-0.25, -0.2) is 0 Å². The van der Waals surface area contributed by atoms with E-state index in [0.717, 1.165) is 18.8 Å². The quantitative estimate of drug-likeness (QED) is 0.392. The molecule has 0 saturated carbocycles. The summed E-state index contributed by atoms with van der Waals surface area (Å²) in [6.45, 7) is 4.90. The fourth-order valence-electron chi connectivity index (χ4n) is 2.98. The number of nitrogens with two attached hydrogens (primary N) is 1. The van der Waals surface area contributed by atoms with Crippen LogP contribution in [0.2, 0.25) is 0 Å². The molecule has 2 aromatic rings. The Balaban J connectivity index is 0.00000208. The predicted octanol–water partition coefficient (Wildman–Crippen LogP) is 3.76. The summed E-state index contributed by atoms with van der Waals surface area (Å²) < 4.78 is 5.61. The van der Waals surface area contributed by atoms with Crippen LogP contribution in [0.25, 0.3) is 0 Å². The second kappa shape index (κ2) is 9.43. The SMILES string of the molecule is CC(NC(N)=NCC(c1ccco1)N1CCCC1)c1cccs1.I. The Bertz CT molecular complexity index is 609. The van der Waals surface area contributed by atoms with Crippen molar-refractivity contribution in [1.82, 2.24) is 10.2 Å². The molecule has 0 bridgehead atoms. The number of nitrogens with zero attached hydrogens (tertiary/aromatic N) is 2. The first kappa shape index (κ1) is 19.3. The van der Waals surface area contributed by atoms with Gasteiger partial charge in [-0.3, -0.25) is 9.89 Å². The number of halogens is 1. The van der Waals surface area contributed by atoms with Crippen molar-refractivity contribution >= 4 is 41.3 Å². The molecule has 1 aliphatic heterocycles. The predicted molar refractivity (Wildman–Crippen MR) is 110 cm³/mol. The summed E-state index contributed by atoms with van der Waals surface area (Å²) in [4.78, 5) is 8.24. The number of hydrogen-bond acceptors (Lipinski definition) is 4. The molecule has 0 spiro atoms. The van der Waals surface area contributed by atoms with Crippen LogP contribution in [0.1, 0.15) is 42.5 Å². The third kappa shape index (κ3) is 4.97. The summed E-state index contributed by atoms with van der Waals surface area (Å²) in [6, 6.07) is 8.45. The minimum absolute atomic E-state index is 0. The van der Waals surface area contributed by atoms with Gasteiger partial charge in [-0.05, 0) is 56.4 Å². The molecule has 1 saturated heterocycles. The Kier molecular flexibility index (Phi) is 7.57. The molecule has 0 radical (unpaired) electrons. The van der Waals surface area contributed by atoms with Gasteiger partial charge >= 0.3 is 0 Å². The molecule has 3 rings (SSSR count). The van der Waals surface area contributed by atoms with E-state index in [1.54, 1.807) is 17.6 Å². The lowest BCUT2D eigenvalue weighted by atomic mass is 10.2. The van der Waals surface area contributed by atoms with Crippen LogP contribution >= 0.6 is 35.3 Å². The lowest BCUT2D eigenvalue weighted by molar-refractivity contribution is 0.221. The zero-order chi connectivity index (χ0) is 16.1. The zero-order valence-corrected chi connectivity index (χ0v) is 17.0. The normalized spacial score (nSPS) is 18.1. The molecule has 5 nitrogen and oxygen atoms in total. The molecular weight excluding hydrogens is 435 g/mol. The van der Waals surface area contributed by atoms with Crippen molar-refractivity contribution in [3.05, 3.63) is 46.5 Å². The maximum absolute atomic E-state index is 6.08. The molecular formula is C17H25IN4OS.